The molecule has 0 saturated carbocycles. The van der Waals surface area contributed by atoms with E-state index < -0.39 is 0 Å². The Hall–Kier alpha value is -0.870. The molecule has 4 nitrogen and oxygen atoms in total. The zero-order valence-electron chi connectivity index (χ0n) is 12.3. The van der Waals surface area contributed by atoms with Crippen molar-refractivity contribution in [3.63, 3.8) is 0 Å². The maximum Gasteiger partial charge on any atom is 0.0625 e. The smallest absolute Gasteiger partial charge is 0.0625 e. The van der Waals surface area contributed by atoms with Crippen molar-refractivity contribution >= 4 is 0 Å². The number of likely N-dealkylation sites (N-methyl/N-ethyl adjacent to an activating group) is 1. The first kappa shape index (κ1) is 15.2. The van der Waals surface area contributed by atoms with E-state index in [0.717, 1.165) is 39.0 Å². The molecule has 104 valence electrons. The van der Waals surface area contributed by atoms with Gasteiger partial charge >= 0.3 is 0 Å². The Labute approximate surface area is 111 Å². The van der Waals surface area contributed by atoms with Gasteiger partial charge in [0.2, 0.25) is 0 Å². The van der Waals surface area contributed by atoms with Gasteiger partial charge in [0.1, 0.15) is 0 Å². The van der Waals surface area contributed by atoms with Gasteiger partial charge in [-0.1, -0.05) is 27.2 Å². The topological polar surface area (TPSA) is 44.0 Å². The second-order valence-corrected chi connectivity index (χ2v) is 4.90. The summed E-state index contributed by atoms with van der Waals surface area (Å²) in [5.41, 5.74) is 2.36. The predicted octanol–water partition coefficient (Wildman–Crippen LogP) is 2.18. The molecule has 0 aliphatic carbocycles. The van der Waals surface area contributed by atoms with Crippen LogP contribution in [0.15, 0.2) is 6.07 Å². The molecule has 1 atom stereocenters. The van der Waals surface area contributed by atoms with Gasteiger partial charge in [-0.25, -0.2) is 0 Å². The normalized spacial score (nSPS) is 13.2. The Kier molecular flexibility index (Phi) is 6.98. The Balaban J connectivity index is 2.30. The van der Waals surface area contributed by atoms with Gasteiger partial charge in [0.15, 0.2) is 0 Å². The van der Waals surface area contributed by atoms with Crippen molar-refractivity contribution in [1.29, 1.82) is 0 Å². The first-order valence-corrected chi connectivity index (χ1v) is 7.18. The lowest BCUT2D eigenvalue weighted by atomic mass is 10.2. The number of hydrogen-bond donors (Lipinski definition) is 2. The molecule has 1 unspecified atom stereocenters. The minimum atomic E-state index is 0.503. The van der Waals surface area contributed by atoms with Crippen LogP contribution in [0.25, 0.3) is 0 Å². The van der Waals surface area contributed by atoms with Gasteiger partial charge in [0.25, 0.3) is 0 Å². The summed E-state index contributed by atoms with van der Waals surface area (Å²) in [6, 6.07) is 2.67. The van der Waals surface area contributed by atoms with E-state index in [1.54, 1.807) is 0 Å². The molecule has 2 N–H and O–H groups in total. The number of aromatic nitrogens is 2. The highest BCUT2D eigenvalue weighted by Crippen LogP contribution is 2.02. The number of nitrogens with one attached hydrogen (secondary N) is 2. The van der Waals surface area contributed by atoms with Crippen molar-refractivity contribution in [2.45, 2.75) is 53.1 Å². The highest BCUT2D eigenvalue weighted by Gasteiger charge is 2.07. The van der Waals surface area contributed by atoms with E-state index in [0.29, 0.717) is 6.04 Å². The van der Waals surface area contributed by atoms with E-state index in [1.165, 1.54) is 11.4 Å². The lowest BCUT2D eigenvalue weighted by Crippen LogP contribution is -2.38. The number of aromatic amines is 1. The Morgan fingerprint density at radius 1 is 1.33 bits per heavy atom. The third-order valence-electron chi connectivity index (χ3n) is 3.26. The number of rotatable bonds is 9. The number of nitrogens with zero attached hydrogens (tertiary/aromatic N) is 2. The monoisotopic (exact) mass is 252 g/mol. The van der Waals surface area contributed by atoms with E-state index >= 15 is 0 Å². The lowest BCUT2D eigenvalue weighted by Gasteiger charge is -2.23. The maximum atomic E-state index is 4.30. The summed E-state index contributed by atoms with van der Waals surface area (Å²) in [5.74, 6) is 0. The fraction of sp³-hybridized carbons (Fsp3) is 0.786. The fourth-order valence-corrected chi connectivity index (χ4v) is 2.10. The lowest BCUT2D eigenvalue weighted by molar-refractivity contribution is 0.270. The average Bonchev–Trinajstić information content (AvgIpc) is 2.82. The minimum Gasteiger partial charge on any atom is -0.307 e. The SMILES string of the molecule is CCCc1cc(CNC(C)CN(CC)CC)[nH]n1. The summed E-state index contributed by atoms with van der Waals surface area (Å²) >= 11 is 0. The molecule has 0 fully saturated rings. The summed E-state index contributed by atoms with van der Waals surface area (Å²) in [7, 11) is 0. The maximum absolute atomic E-state index is 4.30. The predicted molar refractivity (Wildman–Crippen MR) is 76.7 cm³/mol. The van der Waals surface area contributed by atoms with Gasteiger partial charge in [-0.2, -0.15) is 5.10 Å². The fourth-order valence-electron chi connectivity index (χ4n) is 2.10. The average molecular weight is 252 g/mol. The van der Waals surface area contributed by atoms with Crippen molar-refractivity contribution in [1.82, 2.24) is 20.4 Å². The second-order valence-electron chi connectivity index (χ2n) is 4.90. The van der Waals surface area contributed by atoms with Crippen LogP contribution in [0.4, 0.5) is 0 Å². The standard InChI is InChI=1S/C14H28N4/c1-5-8-13-9-14(17-16-13)10-15-12(4)11-18(6-2)7-3/h9,12,15H,5-8,10-11H2,1-4H3,(H,16,17). The van der Waals surface area contributed by atoms with Gasteiger partial charge in [0.05, 0.1) is 5.69 Å². The van der Waals surface area contributed by atoms with Gasteiger partial charge in [-0.15, -0.1) is 0 Å². The van der Waals surface area contributed by atoms with Gasteiger partial charge in [0, 0.05) is 24.8 Å². The van der Waals surface area contributed by atoms with Crippen LogP contribution in [0, 0.1) is 0 Å². The van der Waals surface area contributed by atoms with E-state index in [1.807, 2.05) is 0 Å². The summed E-state index contributed by atoms with van der Waals surface area (Å²) in [6.45, 7) is 13.0. The van der Waals surface area contributed by atoms with Gasteiger partial charge in [-0.3, -0.25) is 5.10 Å². The molecule has 0 saturated heterocycles. The molecule has 0 radical (unpaired) electrons. The Bertz CT molecular complexity index is 317. The summed E-state index contributed by atoms with van der Waals surface area (Å²) < 4.78 is 0. The third kappa shape index (κ3) is 5.19. The highest BCUT2D eigenvalue weighted by molar-refractivity contribution is 5.08. The molecule has 1 aromatic heterocycles. The highest BCUT2D eigenvalue weighted by atomic mass is 15.2. The van der Waals surface area contributed by atoms with E-state index in [4.69, 9.17) is 0 Å². The molecule has 0 aliphatic heterocycles. The van der Waals surface area contributed by atoms with Crippen LogP contribution in [0.5, 0.6) is 0 Å². The van der Waals surface area contributed by atoms with Crippen molar-refractivity contribution in [3.8, 4) is 0 Å². The first-order chi connectivity index (χ1) is 8.69. The number of H-pyrrole nitrogens is 1. The zero-order chi connectivity index (χ0) is 13.4. The largest absolute Gasteiger partial charge is 0.307 e. The first-order valence-electron chi connectivity index (χ1n) is 7.18. The minimum absolute atomic E-state index is 0.503. The summed E-state index contributed by atoms with van der Waals surface area (Å²) in [4.78, 5) is 2.44. The van der Waals surface area contributed by atoms with Crippen molar-refractivity contribution < 1.29 is 0 Å². The van der Waals surface area contributed by atoms with Crippen LogP contribution >= 0.6 is 0 Å². The Morgan fingerprint density at radius 3 is 2.67 bits per heavy atom. The zero-order valence-corrected chi connectivity index (χ0v) is 12.3. The van der Waals surface area contributed by atoms with Gasteiger partial charge in [-0.05, 0) is 32.5 Å². The van der Waals surface area contributed by atoms with Crippen LogP contribution in [0.2, 0.25) is 0 Å². The molecule has 0 aliphatic rings. The summed E-state index contributed by atoms with van der Waals surface area (Å²) in [6.07, 6.45) is 2.21. The molecule has 0 amide bonds. The molecular formula is C14H28N4. The second kappa shape index (κ2) is 8.27. The van der Waals surface area contributed by atoms with E-state index in [2.05, 4.69) is 54.2 Å². The third-order valence-corrected chi connectivity index (χ3v) is 3.26. The van der Waals surface area contributed by atoms with Crippen molar-refractivity contribution in [3.05, 3.63) is 17.5 Å². The molecule has 18 heavy (non-hydrogen) atoms. The Morgan fingerprint density at radius 2 is 2.06 bits per heavy atom. The van der Waals surface area contributed by atoms with E-state index in [-0.39, 0.29) is 0 Å². The van der Waals surface area contributed by atoms with Crippen LogP contribution in [-0.4, -0.2) is 40.8 Å². The van der Waals surface area contributed by atoms with Gasteiger partial charge < -0.3 is 10.2 Å². The number of hydrogen-bond acceptors (Lipinski definition) is 3. The van der Waals surface area contributed by atoms with E-state index in [9.17, 15) is 0 Å². The van der Waals surface area contributed by atoms with Crippen molar-refractivity contribution in [2.75, 3.05) is 19.6 Å². The van der Waals surface area contributed by atoms with Crippen LogP contribution < -0.4 is 5.32 Å². The molecular weight excluding hydrogens is 224 g/mol. The quantitative estimate of drug-likeness (QED) is 0.708. The molecule has 1 rings (SSSR count). The van der Waals surface area contributed by atoms with Crippen molar-refractivity contribution in [2.24, 2.45) is 0 Å². The van der Waals surface area contributed by atoms with Crippen LogP contribution in [-0.2, 0) is 13.0 Å². The van der Waals surface area contributed by atoms with Crippen LogP contribution in [0.1, 0.15) is 45.5 Å². The number of aryl methyl sites for hydroxylation is 1. The molecule has 0 aromatic carbocycles. The molecule has 1 aromatic rings. The summed E-state index contributed by atoms with van der Waals surface area (Å²) in [5, 5.41) is 10.9. The molecule has 0 bridgehead atoms. The molecule has 1 heterocycles. The van der Waals surface area contributed by atoms with Crippen LogP contribution in [0.3, 0.4) is 0 Å². The molecule has 4 heteroatoms. The molecule has 0 spiro atoms.